The number of hydrogen-bond acceptors (Lipinski definition) is 3. The number of carbonyl (C=O) groups is 1. The molecule has 8 heteroatoms. The summed E-state index contributed by atoms with van der Waals surface area (Å²) in [5.41, 5.74) is 1.44. The lowest BCUT2D eigenvalue weighted by Gasteiger charge is -2.14. The van der Waals surface area contributed by atoms with Crippen molar-refractivity contribution >= 4 is 41.5 Å². The van der Waals surface area contributed by atoms with Gasteiger partial charge in [-0.05, 0) is 69.0 Å². The van der Waals surface area contributed by atoms with E-state index < -0.39 is 0 Å². The largest absolute Gasteiger partial charge is 0.491 e. The number of ether oxygens (including phenoxy) is 1. The molecule has 0 radical (unpaired) electrons. The number of anilines is 1. The second kappa shape index (κ2) is 12.5. The van der Waals surface area contributed by atoms with E-state index in [4.69, 9.17) is 4.74 Å². The highest BCUT2D eigenvalue weighted by Crippen LogP contribution is 2.18. The van der Waals surface area contributed by atoms with Crippen LogP contribution in [0.5, 0.6) is 5.75 Å². The molecule has 6 nitrogen and oxygen atoms in total. The van der Waals surface area contributed by atoms with Gasteiger partial charge in [-0.1, -0.05) is 18.2 Å². The molecule has 2 aromatic rings. The van der Waals surface area contributed by atoms with E-state index in [0.717, 1.165) is 24.3 Å². The number of nitrogens with one attached hydrogen (secondary N) is 3. The predicted octanol–water partition coefficient (Wildman–Crippen LogP) is 4.11. The highest BCUT2D eigenvalue weighted by atomic mass is 127. The van der Waals surface area contributed by atoms with Crippen molar-refractivity contribution in [3.8, 4) is 5.75 Å². The first-order chi connectivity index (χ1) is 14.5. The Morgan fingerprint density at radius 2 is 1.87 bits per heavy atom. The lowest BCUT2D eigenvalue weighted by molar-refractivity contribution is -0.119. The Bertz CT molecular complexity index is 870. The second-order valence-electron chi connectivity index (χ2n) is 7.59. The predicted molar refractivity (Wildman–Crippen MR) is 133 cm³/mol. The van der Waals surface area contributed by atoms with E-state index in [1.165, 1.54) is 6.07 Å². The van der Waals surface area contributed by atoms with E-state index >= 15 is 0 Å². The molecule has 0 atom stereocenters. The monoisotopic (exact) mass is 540 g/mol. The molecule has 0 unspecified atom stereocenters. The van der Waals surface area contributed by atoms with E-state index in [1.807, 2.05) is 44.2 Å². The lowest BCUT2D eigenvalue weighted by atomic mass is 10.1. The summed E-state index contributed by atoms with van der Waals surface area (Å²) < 4.78 is 19.5. The molecular weight excluding hydrogens is 510 g/mol. The molecule has 3 rings (SSSR count). The molecule has 0 aromatic heterocycles. The molecule has 1 amide bonds. The maximum absolute atomic E-state index is 13.8. The van der Waals surface area contributed by atoms with Gasteiger partial charge in [0.25, 0.3) is 0 Å². The summed E-state index contributed by atoms with van der Waals surface area (Å²) in [5, 5.41) is 9.29. The van der Waals surface area contributed by atoms with Crippen molar-refractivity contribution in [1.29, 1.82) is 0 Å². The molecule has 1 saturated carbocycles. The second-order valence-corrected chi connectivity index (χ2v) is 7.59. The molecule has 0 spiro atoms. The molecule has 0 heterocycles. The van der Waals surface area contributed by atoms with Gasteiger partial charge in [0.2, 0.25) is 5.91 Å². The average molecular weight is 540 g/mol. The van der Waals surface area contributed by atoms with Gasteiger partial charge in [0, 0.05) is 18.3 Å². The normalized spacial score (nSPS) is 13.4. The smallest absolute Gasteiger partial charge is 0.242 e. The third-order valence-corrected chi connectivity index (χ3v) is 4.46. The standard InChI is InChI=1S/C23H29FN4O2.HI/c1-16(2)30-20-11-9-19(10-12-20)28-23(26-15-22(29)27-18-7-8-18)25-14-13-17-5-3-4-6-21(17)24;/h3-6,9-12,16,18H,7-8,13-15H2,1-2H3,(H,27,29)(H2,25,26,28);1H. The third kappa shape index (κ3) is 9.12. The molecule has 0 bridgehead atoms. The van der Waals surface area contributed by atoms with Crippen LogP contribution in [0.1, 0.15) is 32.3 Å². The minimum atomic E-state index is -0.227. The number of hydrogen-bond donors (Lipinski definition) is 3. The third-order valence-electron chi connectivity index (χ3n) is 4.46. The molecule has 1 fully saturated rings. The summed E-state index contributed by atoms with van der Waals surface area (Å²) in [7, 11) is 0. The average Bonchev–Trinajstić information content (AvgIpc) is 3.52. The van der Waals surface area contributed by atoms with Gasteiger partial charge < -0.3 is 20.7 Å². The fraction of sp³-hybridized carbons (Fsp3) is 0.391. The Balaban J connectivity index is 0.00000341. The number of aliphatic imine (C=N–C) groups is 1. The molecular formula is C23H30FIN4O2. The zero-order chi connectivity index (χ0) is 21.3. The van der Waals surface area contributed by atoms with E-state index in [0.29, 0.717) is 30.5 Å². The van der Waals surface area contributed by atoms with Crippen molar-refractivity contribution in [3.05, 3.63) is 59.9 Å². The molecule has 1 aliphatic carbocycles. The van der Waals surface area contributed by atoms with Crippen LogP contribution in [0.4, 0.5) is 10.1 Å². The van der Waals surface area contributed by atoms with Gasteiger partial charge in [-0.15, -0.1) is 24.0 Å². The molecule has 0 aliphatic heterocycles. The summed E-state index contributed by atoms with van der Waals surface area (Å²) in [6.45, 7) is 4.46. The molecule has 3 N–H and O–H groups in total. The van der Waals surface area contributed by atoms with Gasteiger partial charge in [0.15, 0.2) is 5.96 Å². The van der Waals surface area contributed by atoms with Crippen LogP contribution in [0.2, 0.25) is 0 Å². The summed E-state index contributed by atoms with van der Waals surface area (Å²) in [5.74, 6) is 0.920. The minimum Gasteiger partial charge on any atom is -0.491 e. The van der Waals surface area contributed by atoms with Crippen LogP contribution in [0.3, 0.4) is 0 Å². The number of rotatable bonds is 9. The summed E-state index contributed by atoms with van der Waals surface area (Å²) in [6, 6.07) is 14.5. The first-order valence-electron chi connectivity index (χ1n) is 10.3. The van der Waals surface area contributed by atoms with Crippen LogP contribution in [-0.4, -0.2) is 37.1 Å². The van der Waals surface area contributed by atoms with Gasteiger partial charge in [0.1, 0.15) is 18.1 Å². The molecule has 168 valence electrons. The van der Waals surface area contributed by atoms with Crippen LogP contribution in [-0.2, 0) is 11.2 Å². The van der Waals surface area contributed by atoms with Gasteiger partial charge in [-0.3, -0.25) is 4.79 Å². The highest BCUT2D eigenvalue weighted by Gasteiger charge is 2.22. The number of nitrogens with zero attached hydrogens (tertiary/aromatic N) is 1. The molecule has 2 aromatic carbocycles. The Kier molecular flexibility index (Phi) is 10.0. The van der Waals surface area contributed by atoms with E-state index in [1.54, 1.807) is 12.1 Å². The lowest BCUT2D eigenvalue weighted by Crippen LogP contribution is -2.35. The number of halogens is 2. The quantitative estimate of drug-likeness (QED) is 0.254. The van der Waals surface area contributed by atoms with E-state index in [9.17, 15) is 9.18 Å². The fourth-order valence-corrected chi connectivity index (χ4v) is 2.83. The Labute approximate surface area is 200 Å². The fourth-order valence-electron chi connectivity index (χ4n) is 2.83. The number of carbonyl (C=O) groups excluding carboxylic acids is 1. The van der Waals surface area contributed by atoms with Crippen molar-refractivity contribution in [1.82, 2.24) is 10.6 Å². The van der Waals surface area contributed by atoms with Gasteiger partial charge in [-0.25, -0.2) is 9.38 Å². The van der Waals surface area contributed by atoms with Crippen molar-refractivity contribution < 1.29 is 13.9 Å². The maximum atomic E-state index is 13.8. The van der Waals surface area contributed by atoms with Crippen LogP contribution >= 0.6 is 24.0 Å². The summed E-state index contributed by atoms with van der Waals surface area (Å²) in [4.78, 5) is 16.4. The van der Waals surface area contributed by atoms with Gasteiger partial charge >= 0.3 is 0 Å². The van der Waals surface area contributed by atoms with E-state index in [2.05, 4.69) is 20.9 Å². The number of amides is 1. The molecule has 31 heavy (non-hydrogen) atoms. The molecule has 1 aliphatic rings. The highest BCUT2D eigenvalue weighted by molar-refractivity contribution is 14.0. The van der Waals surface area contributed by atoms with Crippen molar-refractivity contribution in [2.24, 2.45) is 4.99 Å². The Morgan fingerprint density at radius 3 is 2.52 bits per heavy atom. The van der Waals surface area contributed by atoms with Gasteiger partial charge in [-0.2, -0.15) is 0 Å². The van der Waals surface area contributed by atoms with Crippen molar-refractivity contribution in [2.75, 3.05) is 18.4 Å². The number of benzene rings is 2. The summed E-state index contributed by atoms with van der Waals surface area (Å²) >= 11 is 0. The maximum Gasteiger partial charge on any atom is 0.242 e. The minimum absolute atomic E-state index is 0. The van der Waals surface area contributed by atoms with Crippen LogP contribution in [0.15, 0.2) is 53.5 Å². The first-order valence-corrected chi connectivity index (χ1v) is 10.3. The van der Waals surface area contributed by atoms with Crippen LogP contribution in [0.25, 0.3) is 0 Å². The van der Waals surface area contributed by atoms with Gasteiger partial charge in [0.05, 0.1) is 6.10 Å². The Hall–Kier alpha value is -2.36. The zero-order valence-electron chi connectivity index (χ0n) is 17.9. The van der Waals surface area contributed by atoms with E-state index in [-0.39, 0.29) is 48.3 Å². The van der Waals surface area contributed by atoms with Crippen molar-refractivity contribution in [2.45, 2.75) is 45.3 Å². The van der Waals surface area contributed by atoms with Crippen molar-refractivity contribution in [3.63, 3.8) is 0 Å². The van der Waals surface area contributed by atoms with Crippen LogP contribution < -0.4 is 20.7 Å². The zero-order valence-corrected chi connectivity index (χ0v) is 20.2. The summed E-state index contributed by atoms with van der Waals surface area (Å²) in [6.07, 6.45) is 2.67. The Morgan fingerprint density at radius 1 is 1.16 bits per heavy atom. The molecule has 0 saturated heterocycles. The number of guanidine groups is 1. The SMILES string of the molecule is CC(C)Oc1ccc(NC(=NCC(=O)NC2CC2)NCCc2ccccc2F)cc1.I. The topological polar surface area (TPSA) is 74.8 Å². The first kappa shape index (κ1) is 24.9. The van der Waals surface area contributed by atoms with Crippen LogP contribution in [0, 0.1) is 5.82 Å².